The minimum atomic E-state index is -1.43. The summed E-state index contributed by atoms with van der Waals surface area (Å²) in [5, 5.41) is 0. The van der Waals surface area contributed by atoms with E-state index in [1.165, 1.54) is 63.1 Å². The van der Waals surface area contributed by atoms with E-state index < -0.39 is 8.32 Å². The number of rotatable bonds is 19. The monoisotopic (exact) mass is 550 g/mol. The molecule has 1 saturated carbocycles. The molecule has 6 atom stereocenters. The molecule has 4 nitrogen and oxygen atoms in total. The predicted molar refractivity (Wildman–Crippen MR) is 163 cm³/mol. The van der Waals surface area contributed by atoms with Gasteiger partial charge in [0.05, 0.1) is 12.0 Å². The van der Waals surface area contributed by atoms with Gasteiger partial charge >= 0.3 is 5.97 Å². The van der Waals surface area contributed by atoms with Crippen LogP contribution in [-0.4, -0.2) is 33.3 Å². The van der Waals surface area contributed by atoms with E-state index in [-0.39, 0.29) is 30.2 Å². The molecule has 1 saturated heterocycles. The average molecular weight is 551 g/mol. The molecule has 0 aromatic carbocycles. The highest BCUT2D eigenvalue weighted by Crippen LogP contribution is 2.41. The van der Waals surface area contributed by atoms with Crippen molar-refractivity contribution in [3.8, 4) is 0 Å². The van der Waals surface area contributed by atoms with Gasteiger partial charge in [-0.1, -0.05) is 99.1 Å². The summed E-state index contributed by atoms with van der Waals surface area (Å²) in [6, 6.07) is 3.72. The maximum absolute atomic E-state index is 12.9. The maximum atomic E-state index is 12.9. The molecule has 1 aliphatic carbocycles. The van der Waals surface area contributed by atoms with E-state index in [0.717, 1.165) is 38.7 Å². The SMILES string of the molecule is CC/C=C\C[C@H]1C(=O)O[C@@H](O[C@@H]2C[C@H](C)CC[C@H]2C(C)C)[C@@H]1CCCCCCCCO[Si](CC)(CC)CC. The van der Waals surface area contributed by atoms with Crippen LogP contribution < -0.4 is 0 Å². The lowest BCUT2D eigenvalue weighted by Gasteiger charge is -2.39. The first kappa shape index (κ1) is 33.6. The molecular formula is C33H62O4Si. The maximum Gasteiger partial charge on any atom is 0.312 e. The van der Waals surface area contributed by atoms with Gasteiger partial charge in [0.25, 0.3) is 0 Å². The molecule has 0 radical (unpaired) electrons. The van der Waals surface area contributed by atoms with Gasteiger partial charge in [0, 0.05) is 12.5 Å². The Morgan fingerprint density at radius 3 is 2.24 bits per heavy atom. The first-order valence-electron chi connectivity index (χ1n) is 16.5. The quantitative estimate of drug-likeness (QED) is 0.0695. The van der Waals surface area contributed by atoms with E-state index in [0.29, 0.717) is 17.8 Å². The number of hydrogen-bond donors (Lipinski definition) is 0. The second kappa shape index (κ2) is 17.9. The van der Waals surface area contributed by atoms with Crippen LogP contribution >= 0.6 is 0 Å². The van der Waals surface area contributed by atoms with Gasteiger partial charge in [-0.3, -0.25) is 4.79 Å². The molecule has 0 bridgehead atoms. The summed E-state index contributed by atoms with van der Waals surface area (Å²) < 4.78 is 19.1. The summed E-state index contributed by atoms with van der Waals surface area (Å²) in [7, 11) is -1.43. The Morgan fingerprint density at radius 2 is 1.61 bits per heavy atom. The second-order valence-electron chi connectivity index (χ2n) is 12.7. The van der Waals surface area contributed by atoms with Crippen LogP contribution in [0.15, 0.2) is 12.2 Å². The summed E-state index contributed by atoms with van der Waals surface area (Å²) in [6.45, 7) is 17.0. The zero-order chi connectivity index (χ0) is 28.0. The number of ether oxygens (including phenoxy) is 2. The summed E-state index contributed by atoms with van der Waals surface area (Å²) >= 11 is 0. The van der Waals surface area contributed by atoms with E-state index in [9.17, 15) is 4.79 Å². The molecule has 0 aromatic heterocycles. The van der Waals surface area contributed by atoms with Gasteiger partial charge in [-0.25, -0.2) is 0 Å². The third-order valence-corrected chi connectivity index (χ3v) is 14.4. The van der Waals surface area contributed by atoms with Crippen LogP contribution in [0.5, 0.6) is 0 Å². The van der Waals surface area contributed by atoms with E-state index in [2.05, 4.69) is 60.6 Å². The zero-order valence-electron chi connectivity index (χ0n) is 26.1. The molecular weight excluding hydrogens is 488 g/mol. The van der Waals surface area contributed by atoms with Crippen LogP contribution in [0.2, 0.25) is 18.1 Å². The first-order chi connectivity index (χ1) is 18.3. The Kier molecular flexibility index (Phi) is 15.8. The number of carbonyl (C=O) groups is 1. The Balaban J connectivity index is 1.83. The van der Waals surface area contributed by atoms with Crippen LogP contribution in [0.4, 0.5) is 0 Å². The lowest BCUT2D eigenvalue weighted by Crippen LogP contribution is -2.39. The van der Waals surface area contributed by atoms with Crippen LogP contribution in [0.3, 0.4) is 0 Å². The average Bonchev–Trinajstić information content (AvgIpc) is 3.19. The van der Waals surface area contributed by atoms with Crippen molar-refractivity contribution >= 4 is 14.3 Å². The van der Waals surface area contributed by atoms with E-state index >= 15 is 0 Å². The molecule has 0 spiro atoms. The van der Waals surface area contributed by atoms with Crippen molar-refractivity contribution in [3.05, 3.63) is 12.2 Å². The van der Waals surface area contributed by atoms with Crippen LogP contribution in [0.25, 0.3) is 0 Å². The number of allylic oxidation sites excluding steroid dienone is 2. The first-order valence-corrected chi connectivity index (χ1v) is 19.0. The van der Waals surface area contributed by atoms with Crippen molar-refractivity contribution in [3.63, 3.8) is 0 Å². The van der Waals surface area contributed by atoms with Crippen LogP contribution in [0.1, 0.15) is 126 Å². The van der Waals surface area contributed by atoms with Crippen molar-refractivity contribution < 1.29 is 18.7 Å². The van der Waals surface area contributed by atoms with Gasteiger partial charge in [-0.05, 0) is 74.4 Å². The molecule has 0 N–H and O–H groups in total. The van der Waals surface area contributed by atoms with Crippen molar-refractivity contribution in [1.82, 2.24) is 0 Å². The van der Waals surface area contributed by atoms with E-state index in [1.54, 1.807) is 0 Å². The van der Waals surface area contributed by atoms with Gasteiger partial charge in [-0.2, -0.15) is 0 Å². The topological polar surface area (TPSA) is 44.8 Å². The molecule has 222 valence electrons. The summed E-state index contributed by atoms with van der Waals surface area (Å²) in [5.74, 6) is 1.92. The van der Waals surface area contributed by atoms with Crippen LogP contribution in [0, 0.1) is 29.6 Å². The van der Waals surface area contributed by atoms with E-state index in [1.807, 2.05) is 0 Å². The van der Waals surface area contributed by atoms with Gasteiger partial charge in [0.1, 0.15) is 0 Å². The summed E-state index contributed by atoms with van der Waals surface area (Å²) in [5.41, 5.74) is 0. The van der Waals surface area contributed by atoms with Gasteiger partial charge in [0.15, 0.2) is 8.32 Å². The van der Waals surface area contributed by atoms with Gasteiger partial charge < -0.3 is 13.9 Å². The standard InChI is InChI=1S/C33H62O4Si/c1-8-12-17-20-29-30(21-18-15-13-14-16-19-24-35-38(9-2,10-3)11-4)33(37-32(29)34)36-31-25-27(7)22-23-28(31)26(5)6/h12,17,26-31,33H,8-11,13-16,18-25H2,1-7H3/b17-12-/t27-,28+,29-,30-,31-,33-/m1/s1. The van der Waals surface area contributed by atoms with E-state index in [4.69, 9.17) is 13.9 Å². The third-order valence-electron chi connectivity index (χ3n) is 9.74. The minimum Gasteiger partial charge on any atom is -0.435 e. The molecule has 2 rings (SSSR count). The summed E-state index contributed by atoms with van der Waals surface area (Å²) in [4.78, 5) is 12.9. The van der Waals surface area contributed by atoms with Crippen molar-refractivity contribution in [2.24, 2.45) is 29.6 Å². The largest absolute Gasteiger partial charge is 0.435 e. The number of unbranched alkanes of at least 4 members (excludes halogenated alkanes) is 5. The lowest BCUT2D eigenvalue weighted by molar-refractivity contribution is -0.196. The fraction of sp³-hybridized carbons (Fsp3) is 0.909. The fourth-order valence-electron chi connectivity index (χ4n) is 6.78. The molecule has 2 aliphatic rings. The van der Waals surface area contributed by atoms with Crippen LogP contribution in [-0.2, 0) is 18.7 Å². The molecule has 1 aliphatic heterocycles. The predicted octanol–water partition coefficient (Wildman–Crippen LogP) is 9.69. The highest BCUT2D eigenvalue weighted by atomic mass is 28.4. The molecule has 0 unspecified atom stereocenters. The Labute approximate surface area is 237 Å². The smallest absolute Gasteiger partial charge is 0.312 e. The normalized spacial score (nSPS) is 28.5. The van der Waals surface area contributed by atoms with Crippen molar-refractivity contribution in [2.45, 2.75) is 156 Å². The highest BCUT2D eigenvalue weighted by Gasteiger charge is 2.46. The zero-order valence-corrected chi connectivity index (χ0v) is 27.1. The summed E-state index contributed by atoms with van der Waals surface area (Å²) in [6.07, 6.45) is 18.0. The van der Waals surface area contributed by atoms with Crippen molar-refractivity contribution in [2.75, 3.05) is 6.61 Å². The van der Waals surface area contributed by atoms with Gasteiger partial charge in [-0.15, -0.1) is 0 Å². The second-order valence-corrected chi connectivity index (χ2v) is 17.5. The number of carbonyl (C=O) groups excluding carboxylic acids is 1. The third kappa shape index (κ3) is 10.4. The molecule has 38 heavy (non-hydrogen) atoms. The minimum absolute atomic E-state index is 0.0448. The van der Waals surface area contributed by atoms with Gasteiger partial charge in [0.2, 0.25) is 6.29 Å². The highest BCUT2D eigenvalue weighted by molar-refractivity contribution is 6.73. The number of cyclic esters (lactones) is 1. The molecule has 5 heteroatoms. The fourth-order valence-corrected chi connectivity index (χ4v) is 9.47. The molecule has 1 heterocycles. The Morgan fingerprint density at radius 1 is 0.947 bits per heavy atom. The molecule has 0 aromatic rings. The molecule has 0 amide bonds. The van der Waals surface area contributed by atoms with Crippen molar-refractivity contribution in [1.29, 1.82) is 0 Å². The Bertz CT molecular complexity index is 666. The number of hydrogen-bond acceptors (Lipinski definition) is 4. The Hall–Kier alpha value is -0.653. The molecule has 2 fully saturated rings. The number of esters is 1. The lowest BCUT2D eigenvalue weighted by atomic mass is 9.75.